The van der Waals surface area contributed by atoms with Crippen LogP contribution in [-0.2, 0) is 0 Å². The van der Waals surface area contributed by atoms with E-state index in [1.807, 2.05) is 27.7 Å². The molecule has 1 spiro atoms. The predicted octanol–water partition coefficient (Wildman–Crippen LogP) is 4.55. The first-order valence-electron chi connectivity index (χ1n) is 9.04. The van der Waals surface area contributed by atoms with Gasteiger partial charge in [0.25, 0.3) is 0 Å². The van der Waals surface area contributed by atoms with Crippen molar-refractivity contribution in [3.8, 4) is 0 Å². The number of hydrogen-bond acceptors (Lipinski definition) is 2. The topological polar surface area (TPSA) is 15.3 Å². The molecule has 2 heteroatoms. The summed E-state index contributed by atoms with van der Waals surface area (Å²) < 4.78 is 0. The van der Waals surface area contributed by atoms with Crippen LogP contribution in [0, 0.1) is 11.3 Å². The van der Waals surface area contributed by atoms with Crippen LogP contribution in [0.2, 0.25) is 0 Å². The fraction of sp³-hybridized carbons (Fsp3) is 1.00. The molecule has 2 rings (SSSR count). The molecule has 0 aromatic carbocycles. The molecular weight excluding hydrogens is 244 g/mol. The lowest BCUT2D eigenvalue weighted by Crippen LogP contribution is -2.46. The molecule has 0 atom stereocenters. The zero-order valence-corrected chi connectivity index (χ0v) is 15.3. The zero-order valence-electron chi connectivity index (χ0n) is 15.3. The first-order chi connectivity index (χ1) is 9.69. The lowest BCUT2D eigenvalue weighted by molar-refractivity contribution is -0.00683. The van der Waals surface area contributed by atoms with Crippen LogP contribution < -0.4 is 5.32 Å². The Bertz CT molecular complexity index is 211. The fourth-order valence-electron chi connectivity index (χ4n) is 3.92. The van der Waals surface area contributed by atoms with Crippen molar-refractivity contribution in [3.63, 3.8) is 0 Å². The van der Waals surface area contributed by atoms with Crippen LogP contribution in [0.5, 0.6) is 0 Å². The molecule has 2 saturated carbocycles. The van der Waals surface area contributed by atoms with Gasteiger partial charge in [-0.2, -0.15) is 0 Å². The highest BCUT2D eigenvalue weighted by Gasteiger charge is 2.45. The normalized spacial score (nSPS) is 31.8. The summed E-state index contributed by atoms with van der Waals surface area (Å²) in [4.78, 5) is 2.54. The molecule has 2 aliphatic rings. The summed E-state index contributed by atoms with van der Waals surface area (Å²) in [5, 5.41) is 3.32. The van der Waals surface area contributed by atoms with Crippen LogP contribution in [0.15, 0.2) is 0 Å². The minimum absolute atomic E-state index is 0.770. The lowest BCUT2D eigenvalue weighted by Gasteiger charge is -2.52. The first-order valence-corrected chi connectivity index (χ1v) is 9.04. The van der Waals surface area contributed by atoms with Gasteiger partial charge in [-0.1, -0.05) is 34.6 Å². The van der Waals surface area contributed by atoms with Gasteiger partial charge in [-0.3, -0.25) is 0 Å². The number of nitrogens with one attached hydrogen (secondary N) is 1. The molecular formula is C18H40N2. The Kier molecular flexibility index (Phi) is 10.6. The Balaban J connectivity index is 0.000000829. The van der Waals surface area contributed by atoms with E-state index in [0.717, 1.165) is 17.4 Å². The van der Waals surface area contributed by atoms with E-state index in [9.17, 15) is 0 Å². The minimum Gasteiger partial charge on any atom is -0.319 e. The lowest BCUT2D eigenvalue weighted by atomic mass is 9.55. The van der Waals surface area contributed by atoms with Gasteiger partial charge in [-0.15, -0.1) is 0 Å². The Morgan fingerprint density at radius 2 is 1.55 bits per heavy atom. The number of nitrogens with zero attached hydrogens (tertiary/aromatic N) is 1. The molecule has 0 saturated heterocycles. The van der Waals surface area contributed by atoms with Crippen molar-refractivity contribution in [3.05, 3.63) is 0 Å². The molecule has 0 heterocycles. The van der Waals surface area contributed by atoms with E-state index in [2.05, 4.69) is 31.2 Å². The highest BCUT2D eigenvalue weighted by atomic mass is 15.1. The van der Waals surface area contributed by atoms with Gasteiger partial charge in [-0.25, -0.2) is 0 Å². The maximum Gasteiger partial charge on any atom is 0.00925 e. The van der Waals surface area contributed by atoms with E-state index >= 15 is 0 Å². The highest BCUT2D eigenvalue weighted by molar-refractivity contribution is 4.98. The summed E-state index contributed by atoms with van der Waals surface area (Å²) in [6, 6.07) is 0.874. The Labute approximate surface area is 128 Å². The molecule has 0 aromatic heterocycles. The molecule has 20 heavy (non-hydrogen) atoms. The molecule has 122 valence electrons. The average Bonchev–Trinajstić information content (AvgIpc) is 2.50. The van der Waals surface area contributed by atoms with Crippen molar-refractivity contribution in [2.45, 2.75) is 79.2 Å². The Morgan fingerprint density at radius 3 is 1.95 bits per heavy atom. The van der Waals surface area contributed by atoms with Crippen LogP contribution in [0.4, 0.5) is 0 Å². The van der Waals surface area contributed by atoms with Gasteiger partial charge in [0, 0.05) is 6.04 Å². The molecule has 0 bridgehead atoms. The first kappa shape index (κ1) is 19.9. The summed E-state index contributed by atoms with van der Waals surface area (Å²) in [5.74, 6) is 0.977. The van der Waals surface area contributed by atoms with E-state index < -0.39 is 0 Å². The highest BCUT2D eigenvalue weighted by Crippen LogP contribution is 2.54. The largest absolute Gasteiger partial charge is 0.319 e. The van der Waals surface area contributed by atoms with Crippen LogP contribution in [0.1, 0.15) is 73.1 Å². The molecule has 0 aliphatic heterocycles. The third-order valence-electron chi connectivity index (χ3n) is 5.07. The van der Waals surface area contributed by atoms with Gasteiger partial charge in [0.15, 0.2) is 0 Å². The van der Waals surface area contributed by atoms with E-state index in [-0.39, 0.29) is 0 Å². The van der Waals surface area contributed by atoms with Crippen molar-refractivity contribution in [1.29, 1.82) is 0 Å². The molecule has 0 aromatic rings. The quantitative estimate of drug-likeness (QED) is 0.815. The van der Waals surface area contributed by atoms with Gasteiger partial charge >= 0.3 is 0 Å². The summed E-state index contributed by atoms with van der Waals surface area (Å²) >= 11 is 0. The summed E-state index contributed by atoms with van der Waals surface area (Å²) in [6.07, 6.45) is 8.85. The van der Waals surface area contributed by atoms with Gasteiger partial charge < -0.3 is 10.2 Å². The average molecular weight is 285 g/mol. The SMILES string of the molecule is CC.CC.CCN(C)C1CCC2(CC1)CC(CNC)C2. The van der Waals surface area contributed by atoms with E-state index in [4.69, 9.17) is 0 Å². The van der Waals surface area contributed by atoms with Crippen molar-refractivity contribution in [2.75, 3.05) is 27.2 Å². The van der Waals surface area contributed by atoms with Crippen molar-refractivity contribution in [1.82, 2.24) is 10.2 Å². The molecule has 0 radical (unpaired) electrons. The summed E-state index contributed by atoms with van der Waals surface area (Å²) in [7, 11) is 4.37. The summed E-state index contributed by atoms with van der Waals surface area (Å²) in [5.41, 5.74) is 0.770. The molecule has 2 nitrogen and oxygen atoms in total. The van der Waals surface area contributed by atoms with Gasteiger partial charge in [0.2, 0.25) is 0 Å². The fourth-order valence-corrected chi connectivity index (χ4v) is 3.92. The van der Waals surface area contributed by atoms with Crippen molar-refractivity contribution in [2.24, 2.45) is 11.3 Å². The van der Waals surface area contributed by atoms with Crippen molar-refractivity contribution < 1.29 is 0 Å². The second-order valence-corrected chi connectivity index (χ2v) is 6.14. The number of hydrogen-bond donors (Lipinski definition) is 1. The summed E-state index contributed by atoms with van der Waals surface area (Å²) in [6.45, 7) is 12.7. The minimum atomic E-state index is 0.770. The number of rotatable bonds is 4. The second-order valence-electron chi connectivity index (χ2n) is 6.14. The van der Waals surface area contributed by atoms with Crippen molar-refractivity contribution >= 4 is 0 Å². The van der Waals surface area contributed by atoms with Crippen LogP contribution in [-0.4, -0.2) is 38.1 Å². The molecule has 0 unspecified atom stereocenters. The van der Waals surface area contributed by atoms with Gasteiger partial charge in [-0.05, 0) is 77.0 Å². The molecule has 2 aliphatic carbocycles. The van der Waals surface area contributed by atoms with Crippen LogP contribution >= 0.6 is 0 Å². The second kappa shape index (κ2) is 10.6. The third-order valence-corrected chi connectivity index (χ3v) is 5.07. The monoisotopic (exact) mass is 284 g/mol. The van der Waals surface area contributed by atoms with E-state index in [0.29, 0.717) is 0 Å². The van der Waals surface area contributed by atoms with Crippen LogP contribution in [0.25, 0.3) is 0 Å². The van der Waals surface area contributed by atoms with E-state index in [1.165, 1.54) is 51.6 Å². The Morgan fingerprint density at radius 1 is 1.05 bits per heavy atom. The molecule has 1 N–H and O–H groups in total. The van der Waals surface area contributed by atoms with Gasteiger partial charge in [0.05, 0.1) is 0 Å². The smallest absolute Gasteiger partial charge is 0.00925 e. The maximum absolute atomic E-state index is 3.32. The van der Waals surface area contributed by atoms with Crippen LogP contribution in [0.3, 0.4) is 0 Å². The Hall–Kier alpha value is -0.0800. The standard InChI is InChI=1S/C14H28N2.2C2H6/c1-4-16(3)13-5-7-14(8-6-13)9-12(10-14)11-15-2;2*1-2/h12-13,15H,4-11H2,1-3H3;2*1-2H3. The van der Waals surface area contributed by atoms with Gasteiger partial charge in [0.1, 0.15) is 0 Å². The molecule has 2 fully saturated rings. The maximum atomic E-state index is 3.32. The van der Waals surface area contributed by atoms with E-state index in [1.54, 1.807) is 0 Å². The third kappa shape index (κ3) is 5.37. The zero-order chi connectivity index (χ0) is 15.6. The molecule has 0 amide bonds. The predicted molar refractivity (Wildman–Crippen MR) is 92.3 cm³/mol.